The van der Waals surface area contributed by atoms with Crippen LogP contribution in [0.2, 0.25) is 0 Å². The molecule has 1 heterocycles. The van der Waals surface area contributed by atoms with Gasteiger partial charge in [-0.25, -0.2) is 0 Å². The van der Waals surface area contributed by atoms with Gasteiger partial charge in [0.2, 0.25) is 0 Å². The third-order valence-electron chi connectivity index (χ3n) is 4.06. The molecule has 1 aromatic carbocycles. The summed E-state index contributed by atoms with van der Waals surface area (Å²) in [6.45, 7) is 2.82. The van der Waals surface area contributed by atoms with Crippen molar-refractivity contribution in [3.05, 3.63) is 29.8 Å². The van der Waals surface area contributed by atoms with Crippen molar-refractivity contribution in [2.24, 2.45) is 5.73 Å². The van der Waals surface area contributed by atoms with Crippen LogP contribution in [0.4, 0.5) is 8.78 Å². The molecule has 1 aliphatic rings. The highest BCUT2D eigenvalue weighted by Crippen LogP contribution is 2.39. The first kappa shape index (κ1) is 15.2. The fraction of sp³-hybridized carbons (Fsp3) is 0.600. The number of rotatable bonds is 5. The Labute approximate surface area is 118 Å². The van der Waals surface area contributed by atoms with Gasteiger partial charge in [0.15, 0.2) is 0 Å². The summed E-state index contributed by atoms with van der Waals surface area (Å²) in [6, 6.07) is 6.84. The van der Waals surface area contributed by atoms with Crippen LogP contribution >= 0.6 is 0 Å². The Morgan fingerprint density at radius 3 is 2.60 bits per heavy atom. The van der Waals surface area contributed by atoms with Crippen molar-refractivity contribution < 1.29 is 13.5 Å². The van der Waals surface area contributed by atoms with Crippen LogP contribution in [0.5, 0.6) is 5.75 Å². The molecule has 0 aliphatic carbocycles. The molecule has 0 spiro atoms. The first-order valence-electron chi connectivity index (χ1n) is 6.96. The van der Waals surface area contributed by atoms with E-state index >= 15 is 0 Å². The number of halogens is 2. The number of hydrogen-bond acceptors (Lipinski definition) is 3. The largest absolute Gasteiger partial charge is 0.434 e. The Balaban J connectivity index is 2.32. The Kier molecular flexibility index (Phi) is 4.60. The van der Waals surface area contributed by atoms with Gasteiger partial charge in [0.05, 0.1) is 6.04 Å². The number of para-hydroxylation sites is 1. The van der Waals surface area contributed by atoms with Crippen molar-refractivity contribution in [2.75, 3.05) is 13.1 Å². The van der Waals surface area contributed by atoms with Gasteiger partial charge in [-0.1, -0.05) is 18.2 Å². The molecule has 20 heavy (non-hydrogen) atoms. The van der Waals surface area contributed by atoms with Crippen molar-refractivity contribution in [3.8, 4) is 5.75 Å². The maximum atomic E-state index is 12.5. The molecule has 5 heteroatoms. The van der Waals surface area contributed by atoms with Crippen LogP contribution in [0.1, 0.15) is 38.3 Å². The number of nitrogens with zero attached hydrogens (tertiary/aromatic N) is 1. The van der Waals surface area contributed by atoms with Crippen LogP contribution in [-0.2, 0) is 0 Å². The van der Waals surface area contributed by atoms with Gasteiger partial charge in [-0.3, -0.25) is 4.90 Å². The highest BCUT2D eigenvalue weighted by atomic mass is 19.3. The van der Waals surface area contributed by atoms with E-state index < -0.39 is 6.61 Å². The van der Waals surface area contributed by atoms with E-state index in [1.807, 2.05) is 12.1 Å². The van der Waals surface area contributed by atoms with Gasteiger partial charge < -0.3 is 10.5 Å². The molecule has 1 saturated heterocycles. The van der Waals surface area contributed by atoms with Crippen molar-refractivity contribution in [1.29, 1.82) is 0 Å². The number of ether oxygens (including phenoxy) is 1. The molecule has 1 atom stereocenters. The first-order chi connectivity index (χ1) is 9.45. The minimum Gasteiger partial charge on any atom is -0.434 e. The van der Waals surface area contributed by atoms with Crippen molar-refractivity contribution in [1.82, 2.24) is 4.90 Å². The van der Waals surface area contributed by atoms with Crippen LogP contribution < -0.4 is 10.5 Å². The fourth-order valence-corrected chi connectivity index (χ4v) is 3.09. The lowest BCUT2D eigenvalue weighted by Crippen LogP contribution is -2.43. The molecule has 0 aromatic heterocycles. The average Bonchev–Trinajstić information content (AvgIpc) is 2.72. The van der Waals surface area contributed by atoms with Gasteiger partial charge in [0.25, 0.3) is 0 Å². The number of likely N-dealkylation sites (tertiary alicyclic amines) is 1. The molecule has 1 aliphatic heterocycles. The number of hydrogen-bond donors (Lipinski definition) is 1. The summed E-state index contributed by atoms with van der Waals surface area (Å²) in [5.74, 6) is 0.223. The first-order valence-corrected chi connectivity index (χ1v) is 6.96. The molecule has 3 nitrogen and oxygen atoms in total. The van der Waals surface area contributed by atoms with Crippen LogP contribution in [0.15, 0.2) is 24.3 Å². The summed E-state index contributed by atoms with van der Waals surface area (Å²) < 4.78 is 29.7. The van der Waals surface area contributed by atoms with E-state index in [1.165, 1.54) is 0 Å². The maximum Gasteiger partial charge on any atom is 0.387 e. The molecule has 0 saturated carbocycles. The summed E-state index contributed by atoms with van der Waals surface area (Å²) in [6.07, 6.45) is 2.18. The summed E-state index contributed by atoms with van der Waals surface area (Å²) >= 11 is 0. The summed E-state index contributed by atoms with van der Waals surface area (Å²) in [7, 11) is 0. The molecule has 1 fully saturated rings. The molecular formula is C15H22F2N2O. The monoisotopic (exact) mass is 284 g/mol. The van der Waals surface area contributed by atoms with E-state index in [-0.39, 0.29) is 17.3 Å². The van der Waals surface area contributed by atoms with E-state index in [9.17, 15) is 8.78 Å². The number of benzene rings is 1. The van der Waals surface area contributed by atoms with Crippen molar-refractivity contribution in [2.45, 2.75) is 44.9 Å². The van der Waals surface area contributed by atoms with Gasteiger partial charge in [-0.05, 0) is 39.3 Å². The molecule has 0 radical (unpaired) electrons. The minimum atomic E-state index is -2.82. The molecular weight excluding hydrogens is 262 g/mol. The Morgan fingerprint density at radius 1 is 1.35 bits per heavy atom. The van der Waals surface area contributed by atoms with Crippen LogP contribution in [0, 0.1) is 0 Å². The van der Waals surface area contributed by atoms with Gasteiger partial charge >= 0.3 is 6.61 Å². The fourth-order valence-electron chi connectivity index (χ4n) is 3.09. The SMILES string of the molecule is CC1(C)CCCN1C(CN)c1ccccc1OC(F)F. The summed E-state index contributed by atoms with van der Waals surface area (Å²) in [4.78, 5) is 2.29. The molecule has 2 rings (SSSR count). The lowest BCUT2D eigenvalue weighted by Gasteiger charge is -2.38. The van der Waals surface area contributed by atoms with Crippen LogP contribution in [-0.4, -0.2) is 30.1 Å². The highest BCUT2D eigenvalue weighted by molar-refractivity contribution is 5.36. The molecule has 1 aromatic rings. The minimum absolute atomic E-state index is 0.0297. The zero-order valence-corrected chi connectivity index (χ0v) is 12.0. The van der Waals surface area contributed by atoms with Crippen LogP contribution in [0.3, 0.4) is 0 Å². The second kappa shape index (κ2) is 6.06. The molecule has 0 amide bonds. The third-order valence-corrected chi connectivity index (χ3v) is 4.06. The van der Waals surface area contributed by atoms with Gasteiger partial charge in [-0.15, -0.1) is 0 Å². The normalized spacial score (nSPS) is 20.3. The standard InChI is InChI=1S/C15H22F2N2O/c1-15(2)8-5-9-19(15)12(10-18)11-6-3-4-7-13(11)20-14(16)17/h3-4,6-7,12,14H,5,8-10,18H2,1-2H3. The predicted molar refractivity (Wildman–Crippen MR) is 74.9 cm³/mol. The lowest BCUT2D eigenvalue weighted by atomic mass is 9.97. The third kappa shape index (κ3) is 3.10. The predicted octanol–water partition coefficient (Wildman–Crippen LogP) is 3.16. The zero-order chi connectivity index (χ0) is 14.8. The second-order valence-electron chi connectivity index (χ2n) is 5.78. The second-order valence-corrected chi connectivity index (χ2v) is 5.78. The van der Waals surface area contributed by atoms with Crippen molar-refractivity contribution in [3.63, 3.8) is 0 Å². The topological polar surface area (TPSA) is 38.5 Å². The van der Waals surface area contributed by atoms with Gasteiger partial charge in [0, 0.05) is 17.6 Å². The van der Waals surface area contributed by atoms with Crippen molar-refractivity contribution >= 4 is 0 Å². The smallest absolute Gasteiger partial charge is 0.387 e. The van der Waals surface area contributed by atoms with Gasteiger partial charge in [0.1, 0.15) is 5.75 Å². The van der Waals surface area contributed by atoms with Gasteiger partial charge in [-0.2, -0.15) is 8.78 Å². The number of nitrogens with two attached hydrogens (primary N) is 1. The quantitative estimate of drug-likeness (QED) is 0.902. The summed E-state index contributed by atoms with van der Waals surface area (Å²) in [5, 5.41) is 0. The molecule has 0 bridgehead atoms. The van der Waals surface area contributed by atoms with E-state index in [4.69, 9.17) is 5.73 Å². The Bertz CT molecular complexity index is 451. The number of alkyl halides is 2. The van der Waals surface area contributed by atoms with E-state index in [2.05, 4.69) is 23.5 Å². The Hall–Kier alpha value is -1.20. The van der Waals surface area contributed by atoms with Crippen LogP contribution in [0.25, 0.3) is 0 Å². The zero-order valence-electron chi connectivity index (χ0n) is 12.0. The molecule has 112 valence electrons. The Morgan fingerprint density at radius 2 is 2.05 bits per heavy atom. The lowest BCUT2D eigenvalue weighted by molar-refractivity contribution is -0.0514. The maximum absolute atomic E-state index is 12.5. The van der Waals surface area contributed by atoms with E-state index in [1.54, 1.807) is 12.1 Å². The van der Waals surface area contributed by atoms with E-state index in [0.717, 1.165) is 24.9 Å². The van der Waals surface area contributed by atoms with E-state index in [0.29, 0.717) is 6.54 Å². The molecule has 2 N–H and O–H groups in total. The summed E-state index contributed by atoms with van der Waals surface area (Å²) in [5.41, 5.74) is 6.69. The highest BCUT2D eigenvalue weighted by Gasteiger charge is 2.37. The molecule has 1 unspecified atom stereocenters. The average molecular weight is 284 g/mol.